The Bertz CT molecular complexity index is 634. The van der Waals surface area contributed by atoms with Crippen LogP contribution in [0.3, 0.4) is 0 Å². The molecule has 1 aromatic carbocycles. The van der Waals surface area contributed by atoms with Crippen molar-refractivity contribution >= 4 is 54.5 Å². The lowest BCUT2D eigenvalue weighted by atomic mass is 10.3. The number of hydrogen-bond donors (Lipinski definition) is 1. The molecule has 2 rings (SSSR count). The molecule has 0 radical (unpaired) electrons. The molecular weight excluding hydrogens is 424 g/mol. The molecule has 1 N–H and O–H groups in total. The summed E-state index contributed by atoms with van der Waals surface area (Å²) in [5.41, 5.74) is 0.303. The van der Waals surface area contributed by atoms with E-state index in [1.54, 1.807) is 12.4 Å². The number of fused-ring (bicyclic) bond motifs is 1. The van der Waals surface area contributed by atoms with Crippen LogP contribution in [0.1, 0.15) is 0 Å². The van der Waals surface area contributed by atoms with Crippen LogP contribution in [0.2, 0.25) is 0 Å². The molecule has 1 heterocycles. The lowest BCUT2D eigenvalue weighted by molar-refractivity contribution is -0.286. The summed E-state index contributed by atoms with van der Waals surface area (Å²) in [6.07, 6.45) is -0.259. The Hall–Kier alpha value is -1.05. The van der Waals surface area contributed by atoms with E-state index in [4.69, 9.17) is 5.26 Å². The summed E-state index contributed by atoms with van der Waals surface area (Å²) in [5, 5.41) is 11.3. The molecule has 106 valence electrons. The first kappa shape index (κ1) is 15.3. The van der Waals surface area contributed by atoms with Gasteiger partial charge in [0.1, 0.15) is 0 Å². The predicted molar refractivity (Wildman–Crippen MR) is 77.4 cm³/mol. The van der Waals surface area contributed by atoms with Gasteiger partial charge in [-0.1, -0.05) is 11.8 Å². The monoisotopic (exact) mass is 427 g/mol. The van der Waals surface area contributed by atoms with Crippen molar-refractivity contribution in [1.82, 2.24) is 5.32 Å². The van der Waals surface area contributed by atoms with E-state index < -0.39 is 6.29 Å². The molecule has 20 heavy (non-hydrogen) atoms. The van der Waals surface area contributed by atoms with Gasteiger partial charge in [0.05, 0.1) is 10.2 Å². The van der Waals surface area contributed by atoms with Gasteiger partial charge in [0.15, 0.2) is 22.9 Å². The number of alkyl halides is 2. The molecule has 0 saturated heterocycles. The fourth-order valence-electron chi connectivity index (χ4n) is 1.38. The van der Waals surface area contributed by atoms with E-state index in [0.717, 1.165) is 0 Å². The Morgan fingerprint density at radius 3 is 2.80 bits per heavy atom. The summed E-state index contributed by atoms with van der Waals surface area (Å²) < 4.78 is 35.5. The van der Waals surface area contributed by atoms with Crippen molar-refractivity contribution in [2.75, 3.05) is 6.26 Å². The van der Waals surface area contributed by atoms with Crippen LogP contribution in [-0.2, 0) is 0 Å². The normalized spacial score (nSPS) is 15.9. The van der Waals surface area contributed by atoms with Gasteiger partial charge in [-0.25, -0.2) is 4.99 Å². The first-order valence-electron chi connectivity index (χ1n) is 4.93. The maximum absolute atomic E-state index is 13.1. The Balaban J connectivity index is 2.50. The highest BCUT2D eigenvalue weighted by atomic mass is 79.9. The fraction of sp³-hybridized carbons (Fsp3) is 0.200. The zero-order valence-corrected chi connectivity index (χ0v) is 13.7. The van der Waals surface area contributed by atoms with E-state index in [2.05, 4.69) is 51.6 Å². The highest BCUT2D eigenvalue weighted by Gasteiger charge is 2.45. The maximum Gasteiger partial charge on any atom is 0.586 e. The highest BCUT2D eigenvalue weighted by molar-refractivity contribution is 9.11. The van der Waals surface area contributed by atoms with Gasteiger partial charge in [-0.3, -0.25) is 5.32 Å². The van der Waals surface area contributed by atoms with Gasteiger partial charge in [-0.2, -0.15) is 5.26 Å². The first-order chi connectivity index (χ1) is 9.38. The van der Waals surface area contributed by atoms with Crippen LogP contribution in [0.15, 0.2) is 20.0 Å². The minimum atomic E-state index is -3.71. The number of nitrogens with one attached hydrogen (secondary N) is 1. The molecule has 0 saturated carbocycles. The van der Waals surface area contributed by atoms with Crippen molar-refractivity contribution < 1.29 is 18.3 Å². The van der Waals surface area contributed by atoms with Crippen molar-refractivity contribution in [3.8, 4) is 17.7 Å². The van der Waals surface area contributed by atoms with Gasteiger partial charge >= 0.3 is 6.29 Å². The topological polar surface area (TPSA) is 66.6 Å². The number of ether oxygens (including phenoxy) is 2. The van der Waals surface area contributed by atoms with Crippen molar-refractivity contribution in [3.63, 3.8) is 0 Å². The largest absolute Gasteiger partial charge is 0.586 e. The van der Waals surface area contributed by atoms with Crippen LogP contribution in [0, 0.1) is 11.5 Å². The third kappa shape index (κ3) is 2.99. The van der Waals surface area contributed by atoms with Crippen LogP contribution < -0.4 is 14.8 Å². The lowest BCUT2D eigenvalue weighted by Gasteiger charge is -2.07. The summed E-state index contributed by atoms with van der Waals surface area (Å²) in [6.45, 7) is 0. The van der Waals surface area contributed by atoms with E-state index >= 15 is 0 Å². The Labute approximate surface area is 133 Å². The Morgan fingerprint density at radius 1 is 1.50 bits per heavy atom. The molecule has 1 aliphatic heterocycles. The Morgan fingerprint density at radius 2 is 2.20 bits per heavy atom. The van der Waals surface area contributed by atoms with Gasteiger partial charge in [0, 0.05) is 10.5 Å². The van der Waals surface area contributed by atoms with Crippen molar-refractivity contribution in [2.45, 2.75) is 6.29 Å². The van der Waals surface area contributed by atoms with Gasteiger partial charge in [-0.15, -0.1) is 8.78 Å². The summed E-state index contributed by atoms with van der Waals surface area (Å²) in [5.74, 6) is -0.249. The third-order valence-corrected chi connectivity index (χ3v) is 4.05. The van der Waals surface area contributed by atoms with Gasteiger partial charge < -0.3 is 9.47 Å². The molecule has 1 aliphatic rings. The molecule has 0 spiro atoms. The van der Waals surface area contributed by atoms with Crippen LogP contribution in [0.4, 0.5) is 14.5 Å². The second-order valence-electron chi connectivity index (χ2n) is 3.37. The smallest absolute Gasteiger partial charge is 0.395 e. The van der Waals surface area contributed by atoms with Gasteiger partial charge in [0.2, 0.25) is 0 Å². The first-order valence-corrected chi connectivity index (χ1v) is 7.74. The number of benzene rings is 1. The third-order valence-electron chi connectivity index (χ3n) is 2.13. The minimum absolute atomic E-state index is 0.105. The molecule has 0 bridgehead atoms. The molecular formula is C10H5Br2F2N3O2S. The number of nitriles is 1. The average molecular weight is 429 g/mol. The summed E-state index contributed by atoms with van der Waals surface area (Å²) in [4.78, 5) is 4.16. The number of halogens is 4. The fourth-order valence-corrected chi connectivity index (χ4v) is 3.05. The van der Waals surface area contributed by atoms with Crippen LogP contribution in [0.5, 0.6) is 11.5 Å². The molecule has 5 nitrogen and oxygen atoms in total. The molecule has 0 amide bonds. The van der Waals surface area contributed by atoms with Crippen molar-refractivity contribution in [2.24, 2.45) is 4.99 Å². The van der Waals surface area contributed by atoms with Gasteiger partial charge in [0.25, 0.3) is 0 Å². The number of rotatable bonds is 1. The molecule has 10 heteroatoms. The number of hydrogen-bond acceptors (Lipinski definition) is 5. The zero-order chi connectivity index (χ0) is 14.9. The maximum atomic E-state index is 13.1. The van der Waals surface area contributed by atoms with E-state index in [9.17, 15) is 8.78 Å². The number of thioether (sulfide) groups is 1. The number of amidine groups is 1. The second-order valence-corrected chi connectivity index (χ2v) is 5.82. The van der Waals surface area contributed by atoms with Crippen molar-refractivity contribution in [3.05, 3.63) is 15.0 Å². The standard InChI is InChI=1S/C10H5Br2F2N3O2S/c1-20-9(16-3-15)17-7-4(11)2-5-8(6(7)12)19-10(13,14)18-5/h2H,1H3,(H,16,17). The Kier molecular flexibility index (Phi) is 4.41. The van der Waals surface area contributed by atoms with E-state index in [1.807, 2.05) is 0 Å². The predicted octanol–water partition coefficient (Wildman–Crippen LogP) is 3.95. The molecule has 0 unspecified atom stereocenters. The lowest BCUT2D eigenvalue weighted by Crippen LogP contribution is -2.26. The number of aliphatic imine (C=N–C) groups is 1. The molecule has 0 atom stereocenters. The van der Waals surface area contributed by atoms with E-state index in [1.165, 1.54) is 17.8 Å². The van der Waals surface area contributed by atoms with Crippen LogP contribution in [0.25, 0.3) is 0 Å². The average Bonchev–Trinajstić information content (AvgIpc) is 2.68. The van der Waals surface area contributed by atoms with Crippen LogP contribution >= 0.6 is 43.6 Å². The number of nitrogens with zero attached hydrogens (tertiary/aromatic N) is 2. The highest BCUT2D eigenvalue weighted by Crippen LogP contribution is 2.52. The van der Waals surface area contributed by atoms with Gasteiger partial charge in [-0.05, 0) is 38.1 Å². The molecule has 1 aromatic rings. The summed E-state index contributed by atoms with van der Waals surface area (Å²) in [6, 6.07) is 1.32. The molecule has 0 fully saturated rings. The van der Waals surface area contributed by atoms with E-state index in [-0.39, 0.29) is 16.0 Å². The summed E-state index contributed by atoms with van der Waals surface area (Å²) in [7, 11) is 0. The van der Waals surface area contributed by atoms with Crippen LogP contribution in [-0.4, -0.2) is 17.7 Å². The minimum Gasteiger partial charge on any atom is -0.395 e. The van der Waals surface area contributed by atoms with E-state index in [0.29, 0.717) is 15.3 Å². The molecule has 0 aliphatic carbocycles. The molecule has 0 aromatic heterocycles. The second kappa shape index (κ2) is 5.75. The zero-order valence-electron chi connectivity index (χ0n) is 9.71. The quantitative estimate of drug-likeness (QED) is 0.317. The van der Waals surface area contributed by atoms with Crippen molar-refractivity contribution in [1.29, 1.82) is 5.26 Å². The summed E-state index contributed by atoms with van der Waals surface area (Å²) >= 11 is 7.55. The SMILES string of the molecule is CSC(=Nc1c(Br)cc2c(c1Br)OC(F)(F)O2)NC#N.